The van der Waals surface area contributed by atoms with Gasteiger partial charge in [-0.15, -0.1) is 0 Å². The molecule has 0 atom stereocenters. The van der Waals surface area contributed by atoms with E-state index >= 15 is 0 Å². The Bertz CT molecular complexity index is 128. The zero-order valence-corrected chi connectivity index (χ0v) is 9.73. The SMILES string of the molecule is CCCCCCCCCN=C=[Se]. The zero-order valence-electron chi connectivity index (χ0n) is 8.01. The third kappa shape index (κ3) is 10.1. The fourth-order valence-corrected chi connectivity index (χ4v) is 1.39. The molecule has 0 unspecified atom stereocenters. The zero-order chi connectivity index (χ0) is 9.07. The summed E-state index contributed by atoms with van der Waals surface area (Å²) in [5, 5.41) is 0. The molecule has 0 rings (SSSR count). The molecule has 0 heterocycles. The van der Waals surface area contributed by atoms with E-state index in [0.717, 1.165) is 6.54 Å². The van der Waals surface area contributed by atoms with Crippen LogP contribution in [-0.2, 0) is 0 Å². The van der Waals surface area contributed by atoms with Crippen molar-refractivity contribution in [2.45, 2.75) is 51.9 Å². The fraction of sp³-hybridized carbons (Fsp3) is 0.900. The van der Waals surface area contributed by atoms with E-state index in [1.54, 1.807) is 0 Å². The first kappa shape index (κ1) is 12.1. The molecule has 2 heteroatoms. The Morgan fingerprint density at radius 3 is 2.17 bits per heavy atom. The van der Waals surface area contributed by atoms with E-state index in [-0.39, 0.29) is 0 Å². The summed E-state index contributed by atoms with van der Waals surface area (Å²) >= 11 is 2.64. The van der Waals surface area contributed by atoms with Crippen molar-refractivity contribution in [3.8, 4) is 0 Å². The Kier molecular flexibility index (Phi) is 11.2. The van der Waals surface area contributed by atoms with E-state index in [4.69, 9.17) is 0 Å². The van der Waals surface area contributed by atoms with Crippen LogP contribution in [0.4, 0.5) is 0 Å². The predicted molar refractivity (Wildman–Crippen MR) is 56.0 cm³/mol. The molecule has 0 aromatic carbocycles. The van der Waals surface area contributed by atoms with Crippen molar-refractivity contribution < 1.29 is 0 Å². The number of nitrogens with zero attached hydrogens (tertiary/aromatic N) is 1. The van der Waals surface area contributed by atoms with Gasteiger partial charge in [-0.05, 0) is 0 Å². The van der Waals surface area contributed by atoms with Crippen LogP contribution in [0.25, 0.3) is 0 Å². The van der Waals surface area contributed by atoms with E-state index in [1.165, 1.54) is 44.9 Å². The molecule has 0 saturated carbocycles. The van der Waals surface area contributed by atoms with E-state index in [1.807, 2.05) is 0 Å². The topological polar surface area (TPSA) is 12.4 Å². The molecule has 12 heavy (non-hydrogen) atoms. The van der Waals surface area contributed by atoms with Crippen molar-refractivity contribution in [3.63, 3.8) is 0 Å². The summed E-state index contributed by atoms with van der Waals surface area (Å²) in [7, 11) is 0. The number of hydrogen-bond donors (Lipinski definition) is 0. The second-order valence-electron chi connectivity index (χ2n) is 3.09. The third-order valence-electron chi connectivity index (χ3n) is 1.94. The molecule has 0 spiro atoms. The molecule has 0 radical (unpaired) electrons. The molecule has 0 fully saturated rings. The predicted octanol–water partition coefficient (Wildman–Crippen LogP) is 2.81. The van der Waals surface area contributed by atoms with E-state index in [0.29, 0.717) is 0 Å². The van der Waals surface area contributed by atoms with Crippen LogP contribution in [0, 0.1) is 0 Å². The molecule has 0 aliphatic heterocycles. The first-order valence-electron chi connectivity index (χ1n) is 4.95. The standard InChI is InChI=1S/C10H19NSe/c1-2-3-4-5-6-7-8-9-11-10-12/h2-9H2,1H3. The van der Waals surface area contributed by atoms with Crippen LogP contribution in [0.5, 0.6) is 0 Å². The molecule has 70 valence electrons. The van der Waals surface area contributed by atoms with Crippen LogP contribution in [-0.4, -0.2) is 26.8 Å². The van der Waals surface area contributed by atoms with Crippen LogP contribution in [0.3, 0.4) is 0 Å². The Morgan fingerprint density at radius 2 is 1.58 bits per heavy atom. The first-order chi connectivity index (χ1) is 5.91. The molecule has 0 saturated heterocycles. The Labute approximate surface area is 84.0 Å². The van der Waals surface area contributed by atoms with Crippen molar-refractivity contribution in [1.29, 1.82) is 0 Å². The van der Waals surface area contributed by atoms with E-state index < -0.39 is 0 Å². The van der Waals surface area contributed by atoms with Crippen molar-refractivity contribution in [2.24, 2.45) is 4.99 Å². The van der Waals surface area contributed by atoms with Gasteiger partial charge in [-0.1, -0.05) is 0 Å². The Hall–Kier alpha value is 0.0995. The van der Waals surface area contributed by atoms with Gasteiger partial charge in [0.2, 0.25) is 0 Å². The van der Waals surface area contributed by atoms with Crippen LogP contribution in [0.15, 0.2) is 4.99 Å². The molecule has 0 bridgehead atoms. The van der Waals surface area contributed by atoms with Gasteiger partial charge < -0.3 is 0 Å². The summed E-state index contributed by atoms with van der Waals surface area (Å²) in [6.45, 7) is 3.20. The summed E-state index contributed by atoms with van der Waals surface area (Å²) in [6, 6.07) is 0. The van der Waals surface area contributed by atoms with E-state index in [9.17, 15) is 0 Å². The second kappa shape index (κ2) is 11.1. The number of unbranched alkanes of at least 4 members (excludes halogenated alkanes) is 6. The molecule has 0 aromatic heterocycles. The van der Waals surface area contributed by atoms with Crippen molar-refractivity contribution >= 4 is 20.3 Å². The Morgan fingerprint density at radius 1 is 1.00 bits per heavy atom. The van der Waals surface area contributed by atoms with Gasteiger partial charge in [-0.3, -0.25) is 0 Å². The van der Waals surface area contributed by atoms with Crippen molar-refractivity contribution in [3.05, 3.63) is 0 Å². The average molecular weight is 232 g/mol. The van der Waals surface area contributed by atoms with Gasteiger partial charge >= 0.3 is 83.7 Å². The van der Waals surface area contributed by atoms with Gasteiger partial charge in [0.25, 0.3) is 0 Å². The molecule has 1 nitrogen and oxygen atoms in total. The number of rotatable bonds is 8. The number of aliphatic imine (C=N–C) groups is 1. The van der Waals surface area contributed by atoms with Crippen molar-refractivity contribution in [2.75, 3.05) is 6.54 Å². The molecule has 0 aliphatic rings. The van der Waals surface area contributed by atoms with Gasteiger partial charge in [0.15, 0.2) is 0 Å². The summed E-state index contributed by atoms with van der Waals surface area (Å²) < 4.78 is 2.68. The Balaban J connectivity index is 2.86. The monoisotopic (exact) mass is 233 g/mol. The third-order valence-corrected chi connectivity index (χ3v) is 2.21. The first-order valence-corrected chi connectivity index (χ1v) is 5.81. The quantitative estimate of drug-likeness (QED) is 0.346. The van der Waals surface area contributed by atoms with Gasteiger partial charge in [-0.25, -0.2) is 0 Å². The second-order valence-corrected chi connectivity index (χ2v) is 3.48. The summed E-state index contributed by atoms with van der Waals surface area (Å²) in [4.78, 5) is 4.00. The number of hydrogen-bond acceptors (Lipinski definition) is 1. The molecule has 0 aromatic rings. The van der Waals surface area contributed by atoms with Crippen molar-refractivity contribution in [1.82, 2.24) is 0 Å². The summed E-state index contributed by atoms with van der Waals surface area (Å²) in [5.74, 6) is 0. The summed E-state index contributed by atoms with van der Waals surface area (Å²) in [6.07, 6.45) is 9.48. The molecular formula is C10H19NSe. The van der Waals surface area contributed by atoms with Gasteiger partial charge in [0, 0.05) is 0 Å². The maximum absolute atomic E-state index is 4.00. The maximum atomic E-state index is 4.00. The molecule has 0 aliphatic carbocycles. The minimum absolute atomic E-state index is 0.945. The molecule has 0 N–H and O–H groups in total. The summed E-state index contributed by atoms with van der Waals surface area (Å²) in [5.41, 5.74) is 0. The van der Waals surface area contributed by atoms with Crippen LogP contribution >= 0.6 is 0 Å². The fourth-order valence-electron chi connectivity index (χ4n) is 1.19. The van der Waals surface area contributed by atoms with Crippen LogP contribution in [0.1, 0.15) is 51.9 Å². The molecule has 0 amide bonds. The minimum atomic E-state index is 0.945. The van der Waals surface area contributed by atoms with Crippen LogP contribution < -0.4 is 0 Å². The van der Waals surface area contributed by atoms with Crippen LogP contribution in [0.2, 0.25) is 0 Å². The van der Waals surface area contributed by atoms with Gasteiger partial charge in [0.05, 0.1) is 0 Å². The normalized spacial score (nSPS) is 9.42. The van der Waals surface area contributed by atoms with Gasteiger partial charge in [-0.2, -0.15) is 0 Å². The average Bonchev–Trinajstić information content (AvgIpc) is 2.10. The molecular weight excluding hydrogens is 213 g/mol. The van der Waals surface area contributed by atoms with Gasteiger partial charge in [0.1, 0.15) is 0 Å². The van der Waals surface area contributed by atoms with E-state index in [2.05, 4.69) is 32.2 Å².